The standard InChI is InChI=1S/C54H35N3O/c1-5-16-36(17-6-1)37-28-30-38(31-29-37)46-35-47(56-54(55-46)41-22-11-4-12-23-41)42-24-15-25-43(34-42)57-48-27-14-13-26-44(48)51-49(57)33-32-45-50(39-18-7-2-8-19-39)52(58-53(45)51)40-20-9-3-10-21-40/h1-35H. The summed E-state index contributed by atoms with van der Waals surface area (Å²) in [5.41, 5.74) is 14.5. The molecule has 8 aromatic carbocycles. The highest BCUT2D eigenvalue weighted by Gasteiger charge is 2.23. The second-order valence-electron chi connectivity index (χ2n) is 14.5. The molecule has 272 valence electrons. The van der Waals surface area contributed by atoms with E-state index in [9.17, 15) is 0 Å². The predicted octanol–water partition coefficient (Wildman–Crippen LogP) is 14.3. The minimum atomic E-state index is 0.686. The molecule has 0 atom stereocenters. The van der Waals surface area contributed by atoms with E-state index in [2.05, 4.69) is 187 Å². The average molecular weight is 742 g/mol. The number of fused-ring (bicyclic) bond motifs is 5. The van der Waals surface area contributed by atoms with Gasteiger partial charge in [0, 0.05) is 44.3 Å². The van der Waals surface area contributed by atoms with Crippen molar-refractivity contribution in [3.63, 3.8) is 0 Å². The molecule has 11 rings (SSSR count). The first-order valence-electron chi connectivity index (χ1n) is 19.6. The second-order valence-corrected chi connectivity index (χ2v) is 14.5. The second kappa shape index (κ2) is 14.0. The Balaban J connectivity index is 1.09. The number of para-hydroxylation sites is 1. The van der Waals surface area contributed by atoms with E-state index in [1.807, 2.05) is 30.3 Å². The van der Waals surface area contributed by atoms with Crippen molar-refractivity contribution in [1.82, 2.24) is 14.5 Å². The van der Waals surface area contributed by atoms with E-state index in [0.29, 0.717) is 5.82 Å². The first kappa shape index (κ1) is 33.5. The quantitative estimate of drug-likeness (QED) is 0.163. The average Bonchev–Trinajstić information content (AvgIpc) is 3.87. The Kier molecular flexibility index (Phi) is 8.11. The molecule has 3 aromatic heterocycles. The van der Waals surface area contributed by atoms with Gasteiger partial charge in [0.05, 0.1) is 27.8 Å². The summed E-state index contributed by atoms with van der Waals surface area (Å²) in [6.07, 6.45) is 0. The third-order valence-corrected chi connectivity index (χ3v) is 11.0. The summed E-state index contributed by atoms with van der Waals surface area (Å²) >= 11 is 0. The molecular weight excluding hydrogens is 707 g/mol. The van der Waals surface area contributed by atoms with Crippen molar-refractivity contribution >= 4 is 32.8 Å². The molecule has 0 saturated heterocycles. The molecule has 0 aliphatic carbocycles. The number of hydrogen-bond donors (Lipinski definition) is 0. The fraction of sp³-hybridized carbons (Fsp3) is 0. The normalized spacial score (nSPS) is 11.4. The number of furan rings is 1. The van der Waals surface area contributed by atoms with Crippen molar-refractivity contribution in [2.75, 3.05) is 0 Å². The fourth-order valence-corrected chi connectivity index (χ4v) is 8.30. The third kappa shape index (κ3) is 5.78. The van der Waals surface area contributed by atoms with E-state index in [0.717, 1.165) is 89.0 Å². The number of nitrogens with zero attached hydrogens (tertiary/aromatic N) is 3. The van der Waals surface area contributed by atoms with Crippen molar-refractivity contribution in [2.45, 2.75) is 0 Å². The molecule has 0 fully saturated rings. The van der Waals surface area contributed by atoms with Crippen LogP contribution in [-0.4, -0.2) is 14.5 Å². The molecule has 0 aliphatic rings. The Morgan fingerprint density at radius 2 is 0.914 bits per heavy atom. The zero-order chi connectivity index (χ0) is 38.4. The van der Waals surface area contributed by atoms with Crippen LogP contribution >= 0.6 is 0 Å². The van der Waals surface area contributed by atoms with Crippen molar-refractivity contribution in [2.24, 2.45) is 0 Å². The molecule has 4 heteroatoms. The lowest BCUT2D eigenvalue weighted by Crippen LogP contribution is -1.98. The van der Waals surface area contributed by atoms with Crippen LogP contribution in [0.3, 0.4) is 0 Å². The molecule has 0 unspecified atom stereocenters. The molecule has 0 bridgehead atoms. The van der Waals surface area contributed by atoms with Gasteiger partial charge in [0.2, 0.25) is 0 Å². The minimum absolute atomic E-state index is 0.686. The van der Waals surface area contributed by atoms with Crippen LogP contribution in [0.15, 0.2) is 217 Å². The lowest BCUT2D eigenvalue weighted by Gasteiger charge is -2.12. The zero-order valence-electron chi connectivity index (χ0n) is 31.5. The van der Waals surface area contributed by atoms with Crippen LogP contribution in [0, 0.1) is 0 Å². The van der Waals surface area contributed by atoms with Gasteiger partial charge < -0.3 is 8.98 Å². The molecular formula is C54H35N3O. The van der Waals surface area contributed by atoms with Crippen LogP contribution in [0.5, 0.6) is 0 Å². The van der Waals surface area contributed by atoms with Gasteiger partial charge in [-0.15, -0.1) is 0 Å². The van der Waals surface area contributed by atoms with Gasteiger partial charge in [-0.3, -0.25) is 0 Å². The zero-order valence-corrected chi connectivity index (χ0v) is 31.5. The van der Waals surface area contributed by atoms with Gasteiger partial charge >= 0.3 is 0 Å². The third-order valence-electron chi connectivity index (χ3n) is 11.0. The Morgan fingerprint density at radius 1 is 0.362 bits per heavy atom. The van der Waals surface area contributed by atoms with Gasteiger partial charge in [0.1, 0.15) is 11.3 Å². The Labute approximate surface area is 336 Å². The van der Waals surface area contributed by atoms with Crippen LogP contribution in [0.1, 0.15) is 0 Å². The molecule has 0 saturated carbocycles. The van der Waals surface area contributed by atoms with Crippen molar-refractivity contribution in [3.05, 3.63) is 212 Å². The topological polar surface area (TPSA) is 43.9 Å². The predicted molar refractivity (Wildman–Crippen MR) is 239 cm³/mol. The van der Waals surface area contributed by atoms with E-state index in [4.69, 9.17) is 14.4 Å². The van der Waals surface area contributed by atoms with Crippen molar-refractivity contribution < 1.29 is 4.42 Å². The van der Waals surface area contributed by atoms with Gasteiger partial charge in [0.15, 0.2) is 5.82 Å². The first-order chi connectivity index (χ1) is 28.8. The maximum atomic E-state index is 7.02. The molecule has 0 spiro atoms. The number of rotatable bonds is 7. The Morgan fingerprint density at radius 3 is 1.62 bits per heavy atom. The molecule has 11 aromatic rings. The number of hydrogen-bond acceptors (Lipinski definition) is 3. The molecule has 0 N–H and O–H groups in total. The van der Waals surface area contributed by atoms with Gasteiger partial charge in [-0.05, 0) is 53.1 Å². The largest absolute Gasteiger partial charge is 0.455 e. The van der Waals surface area contributed by atoms with E-state index < -0.39 is 0 Å². The van der Waals surface area contributed by atoms with Gasteiger partial charge in [-0.25, -0.2) is 9.97 Å². The Hall–Kier alpha value is -7.82. The van der Waals surface area contributed by atoms with Crippen LogP contribution in [-0.2, 0) is 0 Å². The van der Waals surface area contributed by atoms with E-state index >= 15 is 0 Å². The van der Waals surface area contributed by atoms with Gasteiger partial charge in [0.25, 0.3) is 0 Å². The van der Waals surface area contributed by atoms with Gasteiger partial charge in [-0.2, -0.15) is 0 Å². The summed E-state index contributed by atoms with van der Waals surface area (Å²) in [5, 5.41) is 3.32. The molecule has 4 nitrogen and oxygen atoms in total. The van der Waals surface area contributed by atoms with Crippen LogP contribution in [0.25, 0.3) is 106 Å². The first-order valence-corrected chi connectivity index (χ1v) is 19.6. The van der Waals surface area contributed by atoms with Crippen LogP contribution in [0.4, 0.5) is 0 Å². The maximum absolute atomic E-state index is 7.02. The summed E-state index contributed by atoms with van der Waals surface area (Å²) < 4.78 is 9.37. The minimum Gasteiger partial charge on any atom is -0.455 e. The van der Waals surface area contributed by atoms with Crippen molar-refractivity contribution in [3.8, 4) is 73.2 Å². The number of aromatic nitrogens is 3. The Bertz CT molecular complexity index is 3240. The highest BCUT2D eigenvalue weighted by Crippen LogP contribution is 2.46. The van der Waals surface area contributed by atoms with E-state index in [1.54, 1.807) is 0 Å². The molecule has 58 heavy (non-hydrogen) atoms. The highest BCUT2D eigenvalue weighted by molar-refractivity contribution is 6.22. The summed E-state index contributed by atoms with van der Waals surface area (Å²) in [6, 6.07) is 74.2. The fourth-order valence-electron chi connectivity index (χ4n) is 8.30. The SMILES string of the molecule is c1ccc(-c2ccc(-c3cc(-c4cccc(-n5c6ccccc6c6c7oc(-c8ccccc8)c(-c8ccccc8)c7ccc65)c4)nc(-c4ccccc4)n3)cc2)cc1. The molecule has 0 amide bonds. The lowest BCUT2D eigenvalue weighted by atomic mass is 9.98. The summed E-state index contributed by atoms with van der Waals surface area (Å²) in [4.78, 5) is 10.3. The summed E-state index contributed by atoms with van der Waals surface area (Å²) in [7, 11) is 0. The summed E-state index contributed by atoms with van der Waals surface area (Å²) in [6.45, 7) is 0. The van der Waals surface area contributed by atoms with Crippen LogP contribution < -0.4 is 0 Å². The molecule has 0 aliphatic heterocycles. The molecule has 3 heterocycles. The molecule has 0 radical (unpaired) electrons. The lowest BCUT2D eigenvalue weighted by molar-refractivity contribution is 0.636. The monoisotopic (exact) mass is 741 g/mol. The van der Waals surface area contributed by atoms with E-state index in [1.165, 1.54) is 11.1 Å². The van der Waals surface area contributed by atoms with E-state index in [-0.39, 0.29) is 0 Å². The smallest absolute Gasteiger partial charge is 0.160 e. The van der Waals surface area contributed by atoms with Crippen LogP contribution in [0.2, 0.25) is 0 Å². The number of benzene rings is 8. The highest BCUT2D eigenvalue weighted by atomic mass is 16.3. The summed E-state index contributed by atoms with van der Waals surface area (Å²) in [5.74, 6) is 1.56. The van der Waals surface area contributed by atoms with Gasteiger partial charge in [-0.1, -0.05) is 176 Å². The van der Waals surface area contributed by atoms with Crippen molar-refractivity contribution in [1.29, 1.82) is 0 Å². The maximum Gasteiger partial charge on any atom is 0.160 e.